The van der Waals surface area contributed by atoms with Gasteiger partial charge < -0.3 is 0 Å². The molecule has 0 spiro atoms. The summed E-state index contributed by atoms with van der Waals surface area (Å²) in [5.74, 6) is 0. The molecule has 2 atom stereocenters. The van der Waals surface area contributed by atoms with Gasteiger partial charge >= 0.3 is 0 Å². The Morgan fingerprint density at radius 3 is 2.14 bits per heavy atom. The maximum absolute atomic E-state index is 2.51. The summed E-state index contributed by atoms with van der Waals surface area (Å²) < 4.78 is 0. The second-order valence-electron chi connectivity index (χ2n) is 7.44. The molecular weight excluding hydrogens is 264 g/mol. The van der Waals surface area contributed by atoms with Crippen molar-refractivity contribution < 1.29 is 0 Å². The van der Waals surface area contributed by atoms with E-state index < -0.39 is 0 Å². The normalized spacial score (nSPS) is 37.7. The van der Waals surface area contributed by atoms with Gasteiger partial charge in [-0.15, -0.1) is 0 Å². The van der Waals surface area contributed by atoms with Crippen LogP contribution in [0.4, 0.5) is 0 Å². The molecule has 0 aromatic heterocycles. The van der Waals surface area contributed by atoms with Gasteiger partial charge in [-0.3, -0.25) is 0 Å². The molecule has 5 aliphatic rings. The largest absolute Gasteiger partial charge is 0.0836 e. The summed E-state index contributed by atoms with van der Waals surface area (Å²) in [5, 5.41) is 0. The van der Waals surface area contributed by atoms with Gasteiger partial charge in [0.1, 0.15) is 0 Å². The molecule has 0 heteroatoms. The van der Waals surface area contributed by atoms with E-state index in [1.165, 1.54) is 29.6 Å². The van der Waals surface area contributed by atoms with Crippen molar-refractivity contribution in [3.8, 4) is 0 Å². The van der Waals surface area contributed by atoms with Crippen molar-refractivity contribution in [3.63, 3.8) is 0 Å². The Kier molecular flexibility index (Phi) is 2.27. The van der Waals surface area contributed by atoms with Crippen molar-refractivity contribution in [2.24, 2.45) is 10.8 Å². The summed E-state index contributed by atoms with van der Waals surface area (Å²) in [6.07, 6.45) is 23.9. The van der Waals surface area contributed by atoms with Crippen LogP contribution in [0.25, 0.3) is 0 Å². The van der Waals surface area contributed by atoms with Crippen LogP contribution < -0.4 is 0 Å². The van der Waals surface area contributed by atoms with E-state index >= 15 is 0 Å². The second-order valence-corrected chi connectivity index (χ2v) is 7.44. The van der Waals surface area contributed by atoms with Crippen molar-refractivity contribution in [1.82, 2.24) is 0 Å². The lowest BCUT2D eigenvalue weighted by Gasteiger charge is -2.59. The molecule has 5 rings (SSSR count). The average molecular weight is 286 g/mol. The van der Waals surface area contributed by atoms with E-state index in [2.05, 4.69) is 62.5 Å². The summed E-state index contributed by atoms with van der Waals surface area (Å²) in [6.45, 7) is 4.97. The third-order valence-corrected chi connectivity index (χ3v) is 6.78. The molecule has 0 N–H and O–H groups in total. The Balaban J connectivity index is 1.92. The zero-order valence-electron chi connectivity index (χ0n) is 13.4. The van der Waals surface area contributed by atoms with E-state index in [0.29, 0.717) is 0 Å². The number of rotatable bonds is 0. The van der Waals surface area contributed by atoms with Gasteiger partial charge in [-0.25, -0.2) is 0 Å². The monoisotopic (exact) mass is 286 g/mol. The van der Waals surface area contributed by atoms with Crippen LogP contribution in [-0.4, -0.2) is 0 Å². The fourth-order valence-corrected chi connectivity index (χ4v) is 5.50. The van der Waals surface area contributed by atoms with Crippen molar-refractivity contribution in [1.29, 1.82) is 0 Å². The predicted molar refractivity (Wildman–Crippen MR) is 92.3 cm³/mol. The van der Waals surface area contributed by atoms with Gasteiger partial charge in [0.15, 0.2) is 0 Å². The lowest BCUT2D eigenvalue weighted by molar-refractivity contribution is 0.235. The summed E-state index contributed by atoms with van der Waals surface area (Å²) in [6, 6.07) is 0. The van der Waals surface area contributed by atoms with Crippen molar-refractivity contribution in [2.75, 3.05) is 0 Å². The topological polar surface area (TPSA) is 0 Å². The molecule has 0 nitrogen and oxygen atoms in total. The molecule has 5 aliphatic carbocycles. The Hall–Kier alpha value is -1.82. The lowest BCUT2D eigenvalue weighted by Crippen LogP contribution is -2.49. The first-order valence-electron chi connectivity index (χ1n) is 8.58. The Bertz CT molecular complexity index is 803. The maximum atomic E-state index is 2.51. The van der Waals surface area contributed by atoms with Crippen molar-refractivity contribution in [2.45, 2.75) is 39.5 Å². The van der Waals surface area contributed by atoms with Gasteiger partial charge in [0.2, 0.25) is 0 Å². The first kappa shape index (κ1) is 12.7. The molecule has 0 fully saturated rings. The first-order chi connectivity index (χ1) is 10.7. The minimum atomic E-state index is 0.0958. The SMILES string of the molecule is C[C@@]12C3=CCC=C1C1=C(CCC=C1)C1=CCC=C(C=C3)[C@]12C. The van der Waals surface area contributed by atoms with Crippen molar-refractivity contribution in [3.05, 3.63) is 82.0 Å². The highest BCUT2D eigenvalue weighted by molar-refractivity contribution is 5.72. The Morgan fingerprint density at radius 1 is 0.773 bits per heavy atom. The van der Waals surface area contributed by atoms with Gasteiger partial charge in [0.05, 0.1) is 0 Å². The quantitative estimate of drug-likeness (QED) is 0.532. The molecular formula is C22H22. The molecule has 0 unspecified atom stereocenters. The molecule has 0 saturated heterocycles. The fraction of sp³-hybridized carbons (Fsp3) is 0.364. The van der Waals surface area contributed by atoms with Gasteiger partial charge in [-0.05, 0) is 59.1 Å². The van der Waals surface area contributed by atoms with E-state index in [9.17, 15) is 0 Å². The minimum absolute atomic E-state index is 0.0958. The van der Waals surface area contributed by atoms with Crippen LogP contribution >= 0.6 is 0 Å². The molecule has 0 heterocycles. The third-order valence-electron chi connectivity index (χ3n) is 6.78. The zero-order valence-corrected chi connectivity index (χ0v) is 13.4. The van der Waals surface area contributed by atoms with Gasteiger partial charge in [0, 0.05) is 10.8 Å². The molecule has 0 aromatic rings. The number of hydrogen-bond acceptors (Lipinski definition) is 0. The van der Waals surface area contributed by atoms with E-state index in [0.717, 1.165) is 12.8 Å². The fourth-order valence-electron chi connectivity index (χ4n) is 5.50. The second kappa shape index (κ2) is 3.93. The third kappa shape index (κ3) is 1.19. The van der Waals surface area contributed by atoms with Crippen LogP contribution in [-0.2, 0) is 0 Å². The summed E-state index contributed by atoms with van der Waals surface area (Å²) in [7, 11) is 0. The minimum Gasteiger partial charge on any atom is -0.0836 e. The van der Waals surface area contributed by atoms with Crippen LogP contribution in [0.3, 0.4) is 0 Å². The molecule has 0 aromatic carbocycles. The summed E-state index contributed by atoms with van der Waals surface area (Å²) in [5.41, 5.74) is 9.59. The number of allylic oxidation sites excluding steroid dienone is 14. The van der Waals surface area contributed by atoms with E-state index in [4.69, 9.17) is 0 Å². The highest BCUT2D eigenvalue weighted by Crippen LogP contribution is 2.69. The standard InChI is InChI=1S/C22H22/c1-21-15-7-5-11-19(21)17-9-3-4-10-18(17)20-12-6-8-16(14-13-15)22(20,21)2/h3,7-9,11-14H,4-6,10H2,1-2H3/t21-,22-/m1/s1. The lowest BCUT2D eigenvalue weighted by atomic mass is 9.43. The van der Waals surface area contributed by atoms with Crippen molar-refractivity contribution >= 4 is 0 Å². The van der Waals surface area contributed by atoms with Crippen LogP contribution in [0, 0.1) is 10.8 Å². The van der Waals surface area contributed by atoms with Crippen LogP contribution in [0.15, 0.2) is 82.0 Å². The molecule has 22 heavy (non-hydrogen) atoms. The average Bonchev–Trinajstić information content (AvgIpc) is 2.54. The zero-order chi connectivity index (χ0) is 14.9. The smallest absolute Gasteiger partial charge is 0.0309 e. The molecule has 0 amide bonds. The summed E-state index contributed by atoms with van der Waals surface area (Å²) in [4.78, 5) is 0. The number of hydrogen-bond donors (Lipinski definition) is 0. The van der Waals surface area contributed by atoms with Gasteiger partial charge in [-0.2, -0.15) is 0 Å². The summed E-state index contributed by atoms with van der Waals surface area (Å²) >= 11 is 0. The van der Waals surface area contributed by atoms with Gasteiger partial charge in [-0.1, -0.05) is 62.5 Å². The molecule has 0 aliphatic heterocycles. The van der Waals surface area contributed by atoms with E-state index in [1.54, 1.807) is 16.7 Å². The molecule has 0 radical (unpaired) electrons. The molecule has 110 valence electrons. The van der Waals surface area contributed by atoms with Crippen LogP contribution in [0.5, 0.6) is 0 Å². The highest BCUT2D eigenvalue weighted by Gasteiger charge is 2.58. The highest BCUT2D eigenvalue weighted by atomic mass is 14.6. The molecule has 0 saturated carbocycles. The number of fused-ring (bicyclic) bond motifs is 2. The van der Waals surface area contributed by atoms with E-state index in [-0.39, 0.29) is 10.8 Å². The van der Waals surface area contributed by atoms with Crippen LogP contribution in [0.2, 0.25) is 0 Å². The van der Waals surface area contributed by atoms with Gasteiger partial charge in [0.25, 0.3) is 0 Å². The predicted octanol–water partition coefficient (Wildman–Crippen LogP) is 5.74. The molecule has 0 bridgehead atoms. The maximum Gasteiger partial charge on any atom is 0.0309 e. The van der Waals surface area contributed by atoms with Crippen LogP contribution in [0.1, 0.15) is 39.5 Å². The Morgan fingerprint density at radius 2 is 1.41 bits per heavy atom. The first-order valence-corrected chi connectivity index (χ1v) is 8.58. The van der Waals surface area contributed by atoms with E-state index in [1.807, 2.05) is 0 Å². The Labute approximate surface area is 133 Å².